The lowest BCUT2D eigenvalue weighted by molar-refractivity contribution is 0.0520. The Kier molecular flexibility index (Phi) is 5.41. The van der Waals surface area contributed by atoms with Gasteiger partial charge in [0.25, 0.3) is 0 Å². The van der Waals surface area contributed by atoms with Crippen LogP contribution in [0.3, 0.4) is 0 Å². The highest BCUT2D eigenvalue weighted by molar-refractivity contribution is 5.87. The molecule has 0 aliphatic carbocycles. The molecule has 0 unspecified atom stereocenters. The van der Waals surface area contributed by atoms with Crippen LogP contribution in [0.1, 0.15) is 39.0 Å². The van der Waals surface area contributed by atoms with E-state index in [9.17, 15) is 4.79 Å². The number of para-hydroxylation sites is 1. The van der Waals surface area contributed by atoms with Crippen LogP contribution in [-0.2, 0) is 17.7 Å². The number of hydrogen-bond acceptors (Lipinski definition) is 5. The highest BCUT2D eigenvalue weighted by Crippen LogP contribution is 2.35. The number of rotatable bonds is 5. The number of benzene rings is 1. The summed E-state index contributed by atoms with van der Waals surface area (Å²) in [4.78, 5) is 14.0. The summed E-state index contributed by atoms with van der Waals surface area (Å²) in [7, 11) is 0. The molecule has 3 rings (SSSR count). The molecule has 2 aromatic rings. The van der Waals surface area contributed by atoms with Crippen LogP contribution < -0.4 is 10.1 Å². The third kappa shape index (κ3) is 4.30. The zero-order chi connectivity index (χ0) is 18.7. The van der Waals surface area contributed by atoms with Crippen LogP contribution in [0.5, 0.6) is 5.75 Å². The summed E-state index contributed by atoms with van der Waals surface area (Å²) >= 11 is 0. The van der Waals surface area contributed by atoms with Gasteiger partial charge in [-0.25, -0.2) is 4.79 Å². The number of ether oxygens (including phenoxy) is 2. The Morgan fingerprint density at radius 1 is 1.35 bits per heavy atom. The number of hydrogen-bond donors (Lipinski definition) is 1. The number of fused-ring (bicyclic) bond motifs is 3. The van der Waals surface area contributed by atoms with Crippen molar-refractivity contribution in [2.75, 3.05) is 26.2 Å². The Hall–Kier alpha value is -2.21. The van der Waals surface area contributed by atoms with Crippen LogP contribution in [0.15, 0.2) is 22.6 Å². The van der Waals surface area contributed by atoms with Gasteiger partial charge in [-0.3, -0.25) is 4.90 Å². The third-order valence-electron chi connectivity index (χ3n) is 4.31. The first kappa shape index (κ1) is 18.6. The number of carbonyl (C=O) groups excluding carboxylic acids is 1. The molecule has 2 heterocycles. The van der Waals surface area contributed by atoms with Gasteiger partial charge in [0.05, 0.1) is 13.2 Å². The molecule has 1 N–H and O–H groups in total. The van der Waals surface area contributed by atoms with Crippen molar-refractivity contribution >= 4 is 17.1 Å². The highest BCUT2D eigenvalue weighted by atomic mass is 16.6. The molecule has 1 aromatic carbocycles. The molecule has 1 aliphatic heterocycles. The second-order valence-corrected chi connectivity index (χ2v) is 7.52. The molecule has 0 bridgehead atoms. The third-order valence-corrected chi connectivity index (χ3v) is 4.31. The summed E-state index contributed by atoms with van der Waals surface area (Å²) in [5.41, 5.74) is 1.64. The first-order valence-corrected chi connectivity index (χ1v) is 9.22. The molecular weight excluding hydrogens is 332 g/mol. The number of furan rings is 1. The molecule has 1 amide bonds. The average Bonchev–Trinajstić information content (AvgIpc) is 2.92. The van der Waals surface area contributed by atoms with Gasteiger partial charge in [0, 0.05) is 30.6 Å². The SMILES string of the molecule is CCOc1cccc2c3c(oc12)CN(CCNC(=O)OC(C)(C)C)CC3. The van der Waals surface area contributed by atoms with Gasteiger partial charge in [0.2, 0.25) is 0 Å². The fraction of sp³-hybridized carbons (Fsp3) is 0.550. The Morgan fingerprint density at radius 2 is 2.15 bits per heavy atom. The summed E-state index contributed by atoms with van der Waals surface area (Å²) in [5.74, 6) is 1.80. The maximum Gasteiger partial charge on any atom is 0.407 e. The van der Waals surface area contributed by atoms with Gasteiger partial charge in [-0.15, -0.1) is 0 Å². The molecule has 0 fully saturated rings. The first-order chi connectivity index (χ1) is 12.4. The minimum atomic E-state index is -0.476. The van der Waals surface area contributed by atoms with E-state index in [-0.39, 0.29) is 6.09 Å². The lowest BCUT2D eigenvalue weighted by atomic mass is 10.0. The smallest absolute Gasteiger partial charge is 0.407 e. The van der Waals surface area contributed by atoms with Crippen molar-refractivity contribution in [1.82, 2.24) is 10.2 Å². The van der Waals surface area contributed by atoms with Gasteiger partial charge in [-0.2, -0.15) is 0 Å². The van der Waals surface area contributed by atoms with Crippen LogP contribution in [0.2, 0.25) is 0 Å². The number of amides is 1. The molecule has 0 radical (unpaired) electrons. The van der Waals surface area contributed by atoms with Gasteiger partial charge in [-0.1, -0.05) is 12.1 Å². The van der Waals surface area contributed by atoms with Gasteiger partial charge < -0.3 is 19.2 Å². The van der Waals surface area contributed by atoms with Crippen LogP contribution >= 0.6 is 0 Å². The van der Waals surface area contributed by atoms with Crippen LogP contribution in [0.4, 0.5) is 4.79 Å². The van der Waals surface area contributed by atoms with Gasteiger partial charge in [-0.05, 0) is 40.2 Å². The summed E-state index contributed by atoms with van der Waals surface area (Å²) < 4.78 is 17.1. The van der Waals surface area contributed by atoms with Crippen molar-refractivity contribution in [3.63, 3.8) is 0 Å². The largest absolute Gasteiger partial charge is 0.490 e. The van der Waals surface area contributed by atoms with Gasteiger partial charge in [0.15, 0.2) is 11.3 Å². The summed E-state index contributed by atoms with van der Waals surface area (Å²) in [6, 6.07) is 6.06. The van der Waals surface area contributed by atoms with E-state index in [1.54, 1.807) is 0 Å². The predicted octanol–water partition coefficient (Wildman–Crippen LogP) is 3.71. The fourth-order valence-corrected chi connectivity index (χ4v) is 3.24. The first-order valence-electron chi connectivity index (χ1n) is 9.22. The van der Waals surface area contributed by atoms with E-state index in [0.29, 0.717) is 13.2 Å². The zero-order valence-corrected chi connectivity index (χ0v) is 16.1. The van der Waals surface area contributed by atoms with Crippen molar-refractivity contribution in [3.8, 4) is 5.75 Å². The normalized spacial score (nSPS) is 14.9. The van der Waals surface area contributed by atoms with Crippen molar-refractivity contribution in [1.29, 1.82) is 0 Å². The second kappa shape index (κ2) is 7.58. The van der Waals surface area contributed by atoms with E-state index < -0.39 is 5.60 Å². The fourth-order valence-electron chi connectivity index (χ4n) is 3.24. The Bertz CT molecular complexity index is 776. The van der Waals surface area contributed by atoms with Crippen molar-refractivity contribution in [2.45, 2.75) is 46.3 Å². The molecule has 1 aromatic heterocycles. The van der Waals surface area contributed by atoms with Crippen molar-refractivity contribution in [3.05, 3.63) is 29.5 Å². The molecule has 6 nitrogen and oxygen atoms in total. The van der Waals surface area contributed by atoms with E-state index in [0.717, 1.165) is 48.5 Å². The molecule has 0 atom stereocenters. The lowest BCUT2D eigenvalue weighted by Crippen LogP contribution is -2.39. The minimum Gasteiger partial charge on any atom is -0.490 e. The topological polar surface area (TPSA) is 63.9 Å². The van der Waals surface area contributed by atoms with Crippen LogP contribution in [0.25, 0.3) is 11.0 Å². The molecular formula is C20H28N2O4. The summed E-state index contributed by atoms with van der Waals surface area (Å²) in [6.07, 6.45) is 0.560. The average molecular weight is 360 g/mol. The molecule has 0 spiro atoms. The monoisotopic (exact) mass is 360 g/mol. The molecule has 6 heteroatoms. The Balaban J connectivity index is 1.60. The predicted molar refractivity (Wildman–Crippen MR) is 101 cm³/mol. The standard InChI is InChI=1S/C20H28N2O4/c1-5-24-16-8-6-7-15-14-9-11-22(13-17(14)25-18(15)16)12-10-21-19(23)26-20(2,3)4/h6-8H,5,9-13H2,1-4H3,(H,21,23). The number of nitrogens with zero attached hydrogens (tertiary/aromatic N) is 1. The van der Waals surface area contributed by atoms with E-state index in [4.69, 9.17) is 13.9 Å². The van der Waals surface area contributed by atoms with E-state index in [2.05, 4.69) is 16.3 Å². The zero-order valence-electron chi connectivity index (χ0n) is 16.1. The molecule has 142 valence electrons. The summed E-state index contributed by atoms with van der Waals surface area (Å²) in [6.45, 7) is 11.2. The lowest BCUT2D eigenvalue weighted by Gasteiger charge is -2.26. The van der Waals surface area contributed by atoms with Crippen molar-refractivity contribution < 1.29 is 18.7 Å². The maximum absolute atomic E-state index is 11.7. The quantitative estimate of drug-likeness (QED) is 0.880. The Morgan fingerprint density at radius 3 is 2.88 bits per heavy atom. The van der Waals surface area contributed by atoms with E-state index in [1.165, 1.54) is 5.56 Å². The number of nitrogens with one attached hydrogen (secondary N) is 1. The summed E-state index contributed by atoms with van der Waals surface area (Å²) in [5, 5.41) is 3.96. The molecule has 1 aliphatic rings. The van der Waals surface area contributed by atoms with Crippen LogP contribution in [-0.4, -0.2) is 42.8 Å². The maximum atomic E-state index is 11.7. The molecule has 26 heavy (non-hydrogen) atoms. The van der Waals surface area contributed by atoms with Crippen molar-refractivity contribution in [2.24, 2.45) is 0 Å². The van der Waals surface area contributed by atoms with Gasteiger partial charge >= 0.3 is 6.09 Å². The number of alkyl carbamates (subject to hydrolysis) is 1. The highest BCUT2D eigenvalue weighted by Gasteiger charge is 2.24. The van der Waals surface area contributed by atoms with Gasteiger partial charge in [0.1, 0.15) is 11.4 Å². The van der Waals surface area contributed by atoms with E-state index >= 15 is 0 Å². The minimum absolute atomic E-state index is 0.375. The second-order valence-electron chi connectivity index (χ2n) is 7.52. The van der Waals surface area contributed by atoms with E-state index in [1.807, 2.05) is 39.8 Å². The van der Waals surface area contributed by atoms with Crippen LogP contribution in [0, 0.1) is 0 Å². The Labute approximate surface area is 154 Å². The number of carbonyl (C=O) groups is 1. The molecule has 0 saturated carbocycles. The molecule has 0 saturated heterocycles.